The number of hydrogen-bond acceptors (Lipinski definition) is 2. The third-order valence-electron chi connectivity index (χ3n) is 2.82. The van der Waals surface area contributed by atoms with Gasteiger partial charge < -0.3 is 5.32 Å². The highest BCUT2D eigenvalue weighted by atomic mass is 32.2. The first-order valence-electron chi connectivity index (χ1n) is 4.84. The summed E-state index contributed by atoms with van der Waals surface area (Å²) in [5.41, 5.74) is 0.984. The Balaban J connectivity index is 2.51. The fraction of sp³-hybridized carbons (Fsp3) is 0.364. The van der Waals surface area contributed by atoms with Gasteiger partial charge in [0.25, 0.3) is 5.91 Å². The minimum Gasteiger partial charge on any atom is -0.321 e. The topological polar surface area (TPSA) is 29.1 Å². The number of nitrogens with one attached hydrogen (secondary N) is 1. The molecular formula is C11H11F2NOS. The fourth-order valence-electron chi connectivity index (χ4n) is 1.75. The molecule has 16 heavy (non-hydrogen) atoms. The molecule has 0 fully saturated rings. The number of halogens is 2. The summed E-state index contributed by atoms with van der Waals surface area (Å²) in [6.45, 7) is 1.37. The van der Waals surface area contributed by atoms with Crippen molar-refractivity contribution in [1.29, 1.82) is 0 Å². The van der Waals surface area contributed by atoms with E-state index in [1.165, 1.54) is 18.7 Å². The van der Waals surface area contributed by atoms with Crippen LogP contribution in [0.2, 0.25) is 0 Å². The Bertz CT molecular complexity index is 448. The van der Waals surface area contributed by atoms with Crippen LogP contribution in [0.4, 0.5) is 14.5 Å². The van der Waals surface area contributed by atoms with Crippen LogP contribution in [0, 0.1) is 0 Å². The summed E-state index contributed by atoms with van der Waals surface area (Å²) >= 11 is 1.51. The van der Waals surface area contributed by atoms with E-state index < -0.39 is 17.7 Å². The molecule has 0 bridgehead atoms. The standard InChI is InChI=1S/C11H11F2NOS/c1-6-8-4-3-7(16-2)5-9(8)14-10(15)11(6,12)13/h3-6H,1-2H3,(H,14,15)/t6-/m1/s1. The zero-order valence-electron chi connectivity index (χ0n) is 8.88. The molecule has 5 heteroatoms. The molecule has 1 aromatic carbocycles. The van der Waals surface area contributed by atoms with Gasteiger partial charge in [0.2, 0.25) is 0 Å². The normalized spacial score (nSPS) is 22.5. The molecule has 1 amide bonds. The maximum absolute atomic E-state index is 13.4. The second-order valence-electron chi connectivity index (χ2n) is 3.75. The van der Waals surface area contributed by atoms with Crippen molar-refractivity contribution in [1.82, 2.24) is 0 Å². The van der Waals surface area contributed by atoms with E-state index in [-0.39, 0.29) is 0 Å². The van der Waals surface area contributed by atoms with Crippen molar-refractivity contribution in [3.8, 4) is 0 Å². The number of alkyl halides is 2. The zero-order valence-corrected chi connectivity index (χ0v) is 9.70. The molecule has 0 unspecified atom stereocenters. The summed E-state index contributed by atoms with van der Waals surface area (Å²) in [5, 5.41) is 2.25. The van der Waals surface area contributed by atoms with Gasteiger partial charge in [-0.1, -0.05) is 13.0 Å². The van der Waals surface area contributed by atoms with Crippen molar-refractivity contribution >= 4 is 23.4 Å². The Kier molecular flexibility index (Phi) is 2.66. The highest BCUT2D eigenvalue weighted by molar-refractivity contribution is 7.98. The Morgan fingerprint density at radius 2 is 2.12 bits per heavy atom. The highest BCUT2D eigenvalue weighted by Crippen LogP contribution is 2.42. The smallest absolute Gasteiger partial charge is 0.321 e. The lowest BCUT2D eigenvalue weighted by Crippen LogP contribution is -2.43. The third kappa shape index (κ3) is 1.59. The minimum absolute atomic E-state index is 0.488. The molecule has 0 aliphatic carbocycles. The molecule has 86 valence electrons. The van der Waals surface area contributed by atoms with Crippen LogP contribution in [0.3, 0.4) is 0 Å². The summed E-state index contributed by atoms with van der Waals surface area (Å²) in [5.74, 6) is -5.62. The maximum atomic E-state index is 13.4. The summed E-state index contributed by atoms with van der Waals surface area (Å²) in [7, 11) is 0. The van der Waals surface area contributed by atoms with E-state index in [9.17, 15) is 13.6 Å². The Hall–Kier alpha value is -1.10. The van der Waals surface area contributed by atoms with E-state index in [1.807, 2.05) is 6.26 Å². The molecule has 1 heterocycles. The fourth-order valence-corrected chi connectivity index (χ4v) is 2.19. The molecule has 1 aromatic rings. The van der Waals surface area contributed by atoms with Gasteiger partial charge in [-0.15, -0.1) is 11.8 Å². The number of thioether (sulfide) groups is 1. The first-order chi connectivity index (χ1) is 7.46. The molecule has 0 spiro atoms. The molecule has 0 radical (unpaired) electrons. The van der Waals surface area contributed by atoms with Crippen molar-refractivity contribution in [2.45, 2.75) is 23.7 Å². The molecule has 0 saturated heterocycles. The molecule has 1 aliphatic heterocycles. The largest absolute Gasteiger partial charge is 0.331 e. The SMILES string of the molecule is CSc1ccc2c(c1)NC(=O)C(F)(F)[C@@H]2C. The Labute approximate surface area is 96.4 Å². The lowest BCUT2D eigenvalue weighted by Gasteiger charge is -2.30. The number of carbonyl (C=O) groups excluding carboxylic acids is 1. The number of amides is 1. The number of anilines is 1. The minimum atomic E-state index is -3.33. The number of rotatable bonds is 1. The molecule has 0 aromatic heterocycles. The summed E-state index contributed by atoms with van der Waals surface area (Å²) < 4.78 is 26.9. The van der Waals surface area contributed by atoms with Gasteiger partial charge in [0.15, 0.2) is 0 Å². The van der Waals surface area contributed by atoms with E-state index in [0.717, 1.165) is 4.90 Å². The maximum Gasteiger partial charge on any atom is 0.331 e. The summed E-state index contributed by atoms with van der Waals surface area (Å²) in [6, 6.07) is 5.16. The zero-order chi connectivity index (χ0) is 11.9. The monoisotopic (exact) mass is 243 g/mol. The van der Waals surface area contributed by atoms with E-state index >= 15 is 0 Å². The average Bonchev–Trinajstić information content (AvgIpc) is 2.26. The number of carbonyl (C=O) groups is 1. The van der Waals surface area contributed by atoms with Crippen LogP contribution in [0.15, 0.2) is 23.1 Å². The molecule has 1 N–H and O–H groups in total. The van der Waals surface area contributed by atoms with Crippen LogP contribution in [-0.2, 0) is 4.79 Å². The Morgan fingerprint density at radius 1 is 1.44 bits per heavy atom. The highest BCUT2D eigenvalue weighted by Gasteiger charge is 2.49. The lowest BCUT2D eigenvalue weighted by atomic mass is 9.89. The second-order valence-corrected chi connectivity index (χ2v) is 4.63. The van der Waals surface area contributed by atoms with Gasteiger partial charge in [0.05, 0.1) is 5.92 Å². The first-order valence-corrected chi connectivity index (χ1v) is 6.06. The van der Waals surface area contributed by atoms with Crippen LogP contribution in [0.1, 0.15) is 18.4 Å². The predicted molar refractivity (Wildman–Crippen MR) is 60.2 cm³/mol. The van der Waals surface area contributed by atoms with Gasteiger partial charge in [-0.25, -0.2) is 0 Å². The van der Waals surface area contributed by atoms with E-state index in [0.29, 0.717) is 11.3 Å². The molecular weight excluding hydrogens is 232 g/mol. The Morgan fingerprint density at radius 3 is 2.75 bits per heavy atom. The van der Waals surface area contributed by atoms with Gasteiger partial charge in [-0.2, -0.15) is 8.78 Å². The molecule has 1 atom stereocenters. The van der Waals surface area contributed by atoms with Crippen LogP contribution >= 0.6 is 11.8 Å². The van der Waals surface area contributed by atoms with Crippen molar-refractivity contribution in [2.24, 2.45) is 0 Å². The number of hydrogen-bond donors (Lipinski definition) is 1. The van der Waals surface area contributed by atoms with Crippen LogP contribution < -0.4 is 5.32 Å². The van der Waals surface area contributed by atoms with E-state index in [2.05, 4.69) is 5.32 Å². The van der Waals surface area contributed by atoms with Crippen molar-refractivity contribution < 1.29 is 13.6 Å². The summed E-state index contributed by atoms with van der Waals surface area (Å²) in [4.78, 5) is 12.2. The van der Waals surface area contributed by atoms with Gasteiger partial charge in [-0.3, -0.25) is 4.79 Å². The van der Waals surface area contributed by atoms with Crippen molar-refractivity contribution in [3.05, 3.63) is 23.8 Å². The molecule has 2 rings (SSSR count). The average molecular weight is 243 g/mol. The van der Waals surface area contributed by atoms with Gasteiger partial charge in [0.1, 0.15) is 0 Å². The van der Waals surface area contributed by atoms with E-state index in [1.54, 1.807) is 18.2 Å². The second kappa shape index (κ2) is 3.73. The molecule has 1 aliphatic rings. The first kappa shape index (κ1) is 11.4. The molecule has 2 nitrogen and oxygen atoms in total. The lowest BCUT2D eigenvalue weighted by molar-refractivity contribution is -0.143. The molecule has 0 saturated carbocycles. The van der Waals surface area contributed by atoms with Crippen LogP contribution in [-0.4, -0.2) is 18.1 Å². The van der Waals surface area contributed by atoms with Gasteiger partial charge in [-0.05, 0) is 24.0 Å². The van der Waals surface area contributed by atoms with Crippen molar-refractivity contribution in [3.63, 3.8) is 0 Å². The van der Waals surface area contributed by atoms with Crippen molar-refractivity contribution in [2.75, 3.05) is 11.6 Å². The van der Waals surface area contributed by atoms with Crippen LogP contribution in [0.5, 0.6) is 0 Å². The number of benzene rings is 1. The summed E-state index contributed by atoms with van der Waals surface area (Å²) in [6.07, 6.45) is 1.89. The third-order valence-corrected chi connectivity index (χ3v) is 3.55. The van der Waals surface area contributed by atoms with E-state index in [4.69, 9.17) is 0 Å². The predicted octanol–water partition coefficient (Wildman–Crippen LogP) is 3.10. The quantitative estimate of drug-likeness (QED) is 0.768. The van der Waals surface area contributed by atoms with Gasteiger partial charge in [0, 0.05) is 10.6 Å². The van der Waals surface area contributed by atoms with Crippen LogP contribution in [0.25, 0.3) is 0 Å². The number of fused-ring (bicyclic) bond motifs is 1. The van der Waals surface area contributed by atoms with Gasteiger partial charge >= 0.3 is 5.92 Å².